The van der Waals surface area contributed by atoms with Crippen molar-refractivity contribution < 1.29 is 4.42 Å². The highest BCUT2D eigenvalue weighted by molar-refractivity contribution is 5.26. The number of nitrogens with zero attached hydrogens (tertiary/aromatic N) is 1. The normalized spacial score (nSPS) is 20.0. The molecular weight excluding hydrogens is 260 g/mol. The summed E-state index contributed by atoms with van der Waals surface area (Å²) in [6, 6.07) is 15.5. The maximum atomic E-state index is 5.74. The first-order chi connectivity index (χ1) is 10.4. The number of rotatable bonds is 6. The van der Waals surface area contributed by atoms with Gasteiger partial charge in [-0.25, -0.2) is 0 Å². The van der Waals surface area contributed by atoms with Gasteiger partial charge in [0.1, 0.15) is 5.76 Å². The summed E-state index contributed by atoms with van der Waals surface area (Å²) in [6.45, 7) is 5.46. The highest BCUT2D eigenvalue weighted by Crippen LogP contribution is 2.29. The molecule has 1 fully saturated rings. The highest BCUT2D eigenvalue weighted by Gasteiger charge is 2.26. The topological polar surface area (TPSA) is 28.4 Å². The Labute approximate surface area is 127 Å². The fourth-order valence-corrected chi connectivity index (χ4v) is 3.25. The summed E-state index contributed by atoms with van der Waals surface area (Å²) in [5.41, 5.74) is 1.30. The van der Waals surface area contributed by atoms with Crippen LogP contribution in [-0.2, 0) is 0 Å². The summed E-state index contributed by atoms with van der Waals surface area (Å²) in [7, 11) is 0. The summed E-state index contributed by atoms with van der Waals surface area (Å²) >= 11 is 0. The Hall–Kier alpha value is -1.58. The molecule has 2 unspecified atom stereocenters. The van der Waals surface area contributed by atoms with E-state index in [-0.39, 0.29) is 6.04 Å². The Bertz CT molecular complexity index is 517. The number of likely N-dealkylation sites (N-methyl/N-ethyl adjacent to an activating group) is 1. The molecule has 0 amide bonds. The average Bonchev–Trinajstić information content (AvgIpc) is 3.21. The molecule has 3 nitrogen and oxygen atoms in total. The van der Waals surface area contributed by atoms with Crippen molar-refractivity contribution in [1.29, 1.82) is 0 Å². The molecule has 1 aromatic heterocycles. The van der Waals surface area contributed by atoms with Crippen LogP contribution in [-0.4, -0.2) is 30.6 Å². The van der Waals surface area contributed by atoms with Gasteiger partial charge in [-0.2, -0.15) is 0 Å². The fourth-order valence-electron chi connectivity index (χ4n) is 3.25. The molecule has 0 spiro atoms. The van der Waals surface area contributed by atoms with Gasteiger partial charge in [0.2, 0.25) is 0 Å². The molecule has 1 aliphatic rings. The lowest BCUT2D eigenvalue weighted by atomic mass is 10.0. The van der Waals surface area contributed by atoms with Crippen LogP contribution in [0.5, 0.6) is 0 Å². The molecule has 2 atom stereocenters. The molecule has 112 valence electrons. The zero-order chi connectivity index (χ0) is 14.5. The van der Waals surface area contributed by atoms with Gasteiger partial charge in [-0.15, -0.1) is 0 Å². The molecule has 2 aromatic rings. The molecule has 0 aliphatic carbocycles. The minimum atomic E-state index is 0.202. The molecule has 1 saturated heterocycles. The maximum Gasteiger partial charge on any atom is 0.125 e. The van der Waals surface area contributed by atoms with E-state index in [0.29, 0.717) is 6.04 Å². The van der Waals surface area contributed by atoms with Gasteiger partial charge < -0.3 is 9.73 Å². The number of nitrogens with one attached hydrogen (secondary N) is 1. The van der Waals surface area contributed by atoms with Crippen LogP contribution in [0.15, 0.2) is 53.1 Å². The van der Waals surface area contributed by atoms with E-state index < -0.39 is 0 Å². The van der Waals surface area contributed by atoms with E-state index in [4.69, 9.17) is 4.42 Å². The van der Waals surface area contributed by atoms with Crippen molar-refractivity contribution in [2.75, 3.05) is 19.6 Å². The van der Waals surface area contributed by atoms with Crippen LogP contribution < -0.4 is 5.32 Å². The third-order valence-electron chi connectivity index (χ3n) is 4.32. The smallest absolute Gasteiger partial charge is 0.125 e. The van der Waals surface area contributed by atoms with Crippen LogP contribution in [0.2, 0.25) is 0 Å². The first-order valence-electron chi connectivity index (χ1n) is 7.94. The first kappa shape index (κ1) is 14.4. The lowest BCUT2D eigenvalue weighted by Crippen LogP contribution is -2.39. The van der Waals surface area contributed by atoms with E-state index >= 15 is 0 Å². The van der Waals surface area contributed by atoms with Gasteiger partial charge in [-0.3, -0.25) is 4.90 Å². The van der Waals surface area contributed by atoms with Gasteiger partial charge in [0.15, 0.2) is 0 Å². The van der Waals surface area contributed by atoms with Crippen molar-refractivity contribution >= 4 is 0 Å². The van der Waals surface area contributed by atoms with Gasteiger partial charge in [-0.1, -0.05) is 37.3 Å². The van der Waals surface area contributed by atoms with Gasteiger partial charge in [-0.05, 0) is 43.6 Å². The van der Waals surface area contributed by atoms with E-state index in [0.717, 1.165) is 25.4 Å². The second-order valence-electron chi connectivity index (χ2n) is 5.71. The van der Waals surface area contributed by atoms with Crippen LogP contribution >= 0.6 is 0 Å². The SMILES string of the molecule is CCN(CC1CCCN1)C(c1ccccc1)c1ccco1. The van der Waals surface area contributed by atoms with E-state index in [2.05, 4.69) is 53.5 Å². The molecule has 21 heavy (non-hydrogen) atoms. The van der Waals surface area contributed by atoms with Crippen LogP contribution in [0.25, 0.3) is 0 Å². The van der Waals surface area contributed by atoms with Crippen LogP contribution in [0.4, 0.5) is 0 Å². The van der Waals surface area contributed by atoms with Crippen molar-refractivity contribution in [3.8, 4) is 0 Å². The van der Waals surface area contributed by atoms with Gasteiger partial charge in [0, 0.05) is 12.6 Å². The molecule has 3 heteroatoms. The molecule has 3 rings (SSSR count). The number of hydrogen-bond acceptors (Lipinski definition) is 3. The molecule has 0 saturated carbocycles. The lowest BCUT2D eigenvalue weighted by molar-refractivity contribution is 0.195. The predicted molar refractivity (Wildman–Crippen MR) is 85.3 cm³/mol. The Morgan fingerprint density at radius 2 is 2.10 bits per heavy atom. The Balaban J connectivity index is 1.86. The number of hydrogen-bond donors (Lipinski definition) is 1. The summed E-state index contributed by atoms with van der Waals surface area (Å²) in [4.78, 5) is 2.51. The van der Waals surface area contributed by atoms with Crippen LogP contribution in [0.3, 0.4) is 0 Å². The molecule has 1 N–H and O–H groups in total. The van der Waals surface area contributed by atoms with Gasteiger partial charge in [0.05, 0.1) is 12.3 Å². The quantitative estimate of drug-likeness (QED) is 0.881. The third-order valence-corrected chi connectivity index (χ3v) is 4.32. The van der Waals surface area contributed by atoms with E-state index in [1.165, 1.54) is 18.4 Å². The number of furan rings is 1. The summed E-state index contributed by atoms with van der Waals surface area (Å²) in [5, 5.41) is 3.60. The largest absolute Gasteiger partial charge is 0.467 e. The Kier molecular flexibility index (Phi) is 4.73. The molecule has 1 aromatic carbocycles. The second-order valence-corrected chi connectivity index (χ2v) is 5.71. The maximum absolute atomic E-state index is 5.74. The van der Waals surface area contributed by atoms with Crippen molar-refractivity contribution in [2.24, 2.45) is 0 Å². The summed E-state index contributed by atoms with van der Waals surface area (Å²) < 4.78 is 5.74. The van der Waals surface area contributed by atoms with Crippen molar-refractivity contribution in [1.82, 2.24) is 10.2 Å². The molecule has 1 aliphatic heterocycles. The molecular formula is C18H24N2O. The van der Waals surface area contributed by atoms with E-state index in [9.17, 15) is 0 Å². The molecule has 2 heterocycles. The monoisotopic (exact) mass is 284 g/mol. The van der Waals surface area contributed by atoms with Gasteiger partial charge >= 0.3 is 0 Å². The van der Waals surface area contributed by atoms with Crippen LogP contribution in [0.1, 0.15) is 37.1 Å². The van der Waals surface area contributed by atoms with E-state index in [1.54, 1.807) is 6.26 Å². The molecule has 0 bridgehead atoms. The average molecular weight is 284 g/mol. The summed E-state index contributed by atoms with van der Waals surface area (Å²) in [6.07, 6.45) is 4.34. The van der Waals surface area contributed by atoms with Crippen LogP contribution in [0, 0.1) is 0 Å². The summed E-state index contributed by atoms with van der Waals surface area (Å²) in [5.74, 6) is 1.03. The minimum Gasteiger partial charge on any atom is -0.467 e. The van der Waals surface area contributed by atoms with Crippen molar-refractivity contribution in [3.63, 3.8) is 0 Å². The zero-order valence-electron chi connectivity index (χ0n) is 12.7. The van der Waals surface area contributed by atoms with Gasteiger partial charge in [0.25, 0.3) is 0 Å². The lowest BCUT2D eigenvalue weighted by Gasteiger charge is -2.32. The van der Waals surface area contributed by atoms with Crippen molar-refractivity contribution in [3.05, 3.63) is 60.1 Å². The Morgan fingerprint density at radius 1 is 1.24 bits per heavy atom. The molecule has 0 radical (unpaired) electrons. The second kappa shape index (κ2) is 6.92. The number of benzene rings is 1. The Morgan fingerprint density at radius 3 is 2.71 bits per heavy atom. The standard InChI is InChI=1S/C18H24N2O/c1-2-20(14-16-10-6-12-19-16)18(17-11-7-13-21-17)15-8-4-3-5-9-15/h3-5,7-9,11,13,16,18-19H,2,6,10,12,14H2,1H3. The zero-order valence-corrected chi connectivity index (χ0v) is 12.7. The third kappa shape index (κ3) is 3.36. The minimum absolute atomic E-state index is 0.202. The predicted octanol–water partition coefficient (Wildman–Crippen LogP) is 3.44. The fraction of sp³-hybridized carbons (Fsp3) is 0.444. The highest BCUT2D eigenvalue weighted by atomic mass is 16.3. The van der Waals surface area contributed by atoms with Crippen molar-refractivity contribution in [2.45, 2.75) is 31.8 Å². The first-order valence-corrected chi connectivity index (χ1v) is 7.94. The van der Waals surface area contributed by atoms with E-state index in [1.807, 2.05) is 6.07 Å².